The maximum atomic E-state index is 12.8. The highest BCUT2D eigenvalue weighted by molar-refractivity contribution is 5.95. The summed E-state index contributed by atoms with van der Waals surface area (Å²) < 4.78 is 17.7. The second-order valence-electron chi connectivity index (χ2n) is 5.49. The van der Waals surface area contributed by atoms with Crippen LogP contribution < -0.4 is 14.2 Å². The van der Waals surface area contributed by atoms with Gasteiger partial charge < -0.3 is 19.1 Å². The van der Waals surface area contributed by atoms with Gasteiger partial charge in [-0.3, -0.25) is 4.79 Å². The van der Waals surface area contributed by atoms with E-state index in [0.717, 1.165) is 6.42 Å². The molecule has 1 fully saturated rings. The Bertz CT molecular complexity index is 692. The number of amides is 1. The Morgan fingerprint density at radius 2 is 1.88 bits per heavy atom. The number of carbonyl (C=O) groups excluding carboxylic acids is 1. The quantitative estimate of drug-likeness (QED) is 0.823. The minimum Gasteiger partial charge on any atom is -0.493 e. The Labute approximate surface area is 139 Å². The fourth-order valence-electron chi connectivity index (χ4n) is 2.94. The summed E-state index contributed by atoms with van der Waals surface area (Å²) in [6.07, 6.45) is 4.31. The van der Waals surface area contributed by atoms with Gasteiger partial charge in [0.15, 0.2) is 11.5 Å². The zero-order chi connectivity index (χ0) is 17.1. The van der Waals surface area contributed by atoms with Gasteiger partial charge in [-0.15, -0.1) is 5.10 Å². The highest BCUT2D eigenvalue weighted by atomic mass is 16.5. The molecule has 1 unspecified atom stereocenters. The molecule has 8 heteroatoms. The van der Waals surface area contributed by atoms with Crippen molar-refractivity contribution in [3.63, 3.8) is 0 Å². The lowest BCUT2D eigenvalue weighted by Crippen LogP contribution is -2.29. The molecule has 0 N–H and O–H groups in total. The highest BCUT2D eigenvalue weighted by Crippen LogP contribution is 2.38. The molecular formula is C16H20N4O4. The molecule has 1 saturated heterocycles. The molecule has 2 aromatic rings. The lowest BCUT2D eigenvalue weighted by atomic mass is 10.1. The first-order valence-corrected chi connectivity index (χ1v) is 7.63. The van der Waals surface area contributed by atoms with Gasteiger partial charge in [0.25, 0.3) is 5.91 Å². The number of hydrogen-bond acceptors (Lipinski definition) is 6. The van der Waals surface area contributed by atoms with E-state index in [1.165, 1.54) is 21.3 Å². The Morgan fingerprint density at radius 1 is 1.17 bits per heavy atom. The molecule has 1 aliphatic rings. The van der Waals surface area contributed by atoms with Crippen LogP contribution in [0.2, 0.25) is 0 Å². The van der Waals surface area contributed by atoms with Crippen molar-refractivity contribution < 1.29 is 19.0 Å². The van der Waals surface area contributed by atoms with Crippen LogP contribution in [0, 0.1) is 0 Å². The minimum absolute atomic E-state index is 0.0723. The number of likely N-dealkylation sites (tertiary alicyclic amines) is 1. The predicted molar refractivity (Wildman–Crippen MR) is 85.7 cm³/mol. The van der Waals surface area contributed by atoms with Crippen molar-refractivity contribution in [2.75, 3.05) is 34.4 Å². The Morgan fingerprint density at radius 3 is 2.42 bits per heavy atom. The number of nitrogens with zero attached hydrogens (tertiary/aromatic N) is 4. The van der Waals surface area contributed by atoms with E-state index in [4.69, 9.17) is 14.2 Å². The zero-order valence-corrected chi connectivity index (χ0v) is 13.9. The van der Waals surface area contributed by atoms with Crippen LogP contribution in [0.25, 0.3) is 0 Å². The van der Waals surface area contributed by atoms with E-state index in [9.17, 15) is 4.79 Å². The van der Waals surface area contributed by atoms with Crippen LogP contribution in [0.1, 0.15) is 22.8 Å². The van der Waals surface area contributed by atoms with Crippen LogP contribution in [0.4, 0.5) is 0 Å². The van der Waals surface area contributed by atoms with Gasteiger partial charge in [-0.2, -0.15) is 0 Å². The molecule has 0 bridgehead atoms. The fourth-order valence-corrected chi connectivity index (χ4v) is 2.94. The SMILES string of the molecule is COc1cc(C(=O)N2CCC(n3ccnn3)C2)cc(OC)c1OC. The number of ether oxygens (including phenoxy) is 3. The molecule has 128 valence electrons. The van der Waals surface area contributed by atoms with Crippen molar-refractivity contribution in [2.45, 2.75) is 12.5 Å². The first-order valence-electron chi connectivity index (χ1n) is 7.63. The Balaban J connectivity index is 1.82. The Kier molecular flexibility index (Phi) is 4.54. The largest absolute Gasteiger partial charge is 0.493 e. The third-order valence-electron chi connectivity index (χ3n) is 4.18. The molecule has 24 heavy (non-hydrogen) atoms. The average molecular weight is 332 g/mol. The van der Waals surface area contributed by atoms with Crippen LogP contribution in [-0.4, -0.2) is 60.2 Å². The topological polar surface area (TPSA) is 78.7 Å². The van der Waals surface area contributed by atoms with Crippen LogP contribution in [0.3, 0.4) is 0 Å². The lowest BCUT2D eigenvalue weighted by Gasteiger charge is -2.19. The van der Waals surface area contributed by atoms with Gasteiger partial charge >= 0.3 is 0 Å². The molecule has 1 amide bonds. The van der Waals surface area contributed by atoms with Gasteiger partial charge in [0.05, 0.1) is 33.6 Å². The van der Waals surface area contributed by atoms with Gasteiger partial charge in [0.1, 0.15) is 0 Å². The van der Waals surface area contributed by atoms with E-state index in [1.807, 2.05) is 6.20 Å². The molecule has 0 radical (unpaired) electrons. The molecule has 0 saturated carbocycles. The lowest BCUT2D eigenvalue weighted by molar-refractivity contribution is 0.0786. The van der Waals surface area contributed by atoms with Gasteiger partial charge in [-0.05, 0) is 18.6 Å². The molecule has 1 aromatic heterocycles. The van der Waals surface area contributed by atoms with Crippen LogP contribution >= 0.6 is 0 Å². The number of hydrogen-bond donors (Lipinski definition) is 0. The van der Waals surface area contributed by atoms with E-state index < -0.39 is 0 Å². The van der Waals surface area contributed by atoms with Gasteiger partial charge in [0.2, 0.25) is 5.75 Å². The van der Waals surface area contributed by atoms with Gasteiger partial charge in [0, 0.05) is 24.8 Å². The number of carbonyl (C=O) groups is 1. The summed E-state index contributed by atoms with van der Waals surface area (Å²) in [4.78, 5) is 14.6. The van der Waals surface area contributed by atoms with Crippen LogP contribution in [0.15, 0.2) is 24.5 Å². The summed E-state index contributed by atoms with van der Waals surface area (Å²) in [6, 6.07) is 3.50. The summed E-state index contributed by atoms with van der Waals surface area (Å²) in [7, 11) is 4.59. The maximum absolute atomic E-state index is 12.8. The summed E-state index contributed by atoms with van der Waals surface area (Å²) in [5.41, 5.74) is 0.503. The zero-order valence-electron chi connectivity index (χ0n) is 13.9. The van der Waals surface area contributed by atoms with Crippen molar-refractivity contribution in [3.8, 4) is 17.2 Å². The molecule has 2 heterocycles. The normalized spacial score (nSPS) is 17.0. The summed E-state index contributed by atoms with van der Waals surface area (Å²) >= 11 is 0. The molecule has 0 aliphatic carbocycles. The maximum Gasteiger partial charge on any atom is 0.254 e. The van der Waals surface area contributed by atoms with E-state index in [1.54, 1.807) is 27.9 Å². The van der Waals surface area contributed by atoms with E-state index >= 15 is 0 Å². The van der Waals surface area contributed by atoms with Crippen molar-refractivity contribution in [1.82, 2.24) is 19.9 Å². The molecule has 1 aromatic carbocycles. The predicted octanol–water partition coefficient (Wildman–Crippen LogP) is 1.39. The third kappa shape index (κ3) is 2.86. The fraction of sp³-hybridized carbons (Fsp3) is 0.438. The summed E-state index contributed by atoms with van der Waals surface area (Å²) in [5, 5.41) is 7.84. The smallest absolute Gasteiger partial charge is 0.254 e. The second-order valence-corrected chi connectivity index (χ2v) is 5.49. The monoisotopic (exact) mass is 332 g/mol. The molecule has 3 rings (SSSR count). The first kappa shape index (κ1) is 16.1. The minimum atomic E-state index is -0.0723. The molecule has 1 atom stereocenters. The van der Waals surface area contributed by atoms with Gasteiger partial charge in [-0.25, -0.2) is 4.68 Å². The highest BCUT2D eigenvalue weighted by Gasteiger charge is 2.29. The van der Waals surface area contributed by atoms with Crippen LogP contribution in [0.5, 0.6) is 17.2 Å². The van der Waals surface area contributed by atoms with Gasteiger partial charge in [-0.1, -0.05) is 5.21 Å². The molecule has 1 aliphatic heterocycles. The average Bonchev–Trinajstić information content (AvgIpc) is 3.30. The van der Waals surface area contributed by atoms with Crippen LogP contribution in [-0.2, 0) is 0 Å². The van der Waals surface area contributed by atoms with Crippen molar-refractivity contribution in [3.05, 3.63) is 30.1 Å². The number of aromatic nitrogens is 3. The van der Waals surface area contributed by atoms with Crippen molar-refractivity contribution in [2.24, 2.45) is 0 Å². The van der Waals surface area contributed by atoms with E-state index in [0.29, 0.717) is 35.9 Å². The van der Waals surface area contributed by atoms with E-state index in [2.05, 4.69) is 10.3 Å². The van der Waals surface area contributed by atoms with Crippen molar-refractivity contribution >= 4 is 5.91 Å². The number of rotatable bonds is 5. The standard InChI is InChI=1S/C16H20N4O4/c1-22-13-8-11(9-14(23-2)15(13)24-3)16(21)19-6-4-12(10-19)20-7-5-17-18-20/h5,7-9,12H,4,6,10H2,1-3H3. The van der Waals surface area contributed by atoms with E-state index in [-0.39, 0.29) is 11.9 Å². The molecule has 8 nitrogen and oxygen atoms in total. The molecular weight excluding hydrogens is 312 g/mol. The second kappa shape index (κ2) is 6.77. The van der Waals surface area contributed by atoms with Crippen molar-refractivity contribution in [1.29, 1.82) is 0 Å². The summed E-state index contributed by atoms with van der Waals surface area (Å²) in [6.45, 7) is 1.26. The molecule has 0 spiro atoms. The first-order chi connectivity index (χ1) is 11.7. The number of methoxy groups -OCH3 is 3. The number of benzene rings is 1. The summed E-state index contributed by atoms with van der Waals surface area (Å²) in [5.74, 6) is 1.33. The third-order valence-corrected chi connectivity index (χ3v) is 4.18. The Hall–Kier alpha value is -2.77.